The maximum atomic E-state index is 6.03. The smallest absolute Gasteiger partial charge is 0.0757 e. The minimum absolute atomic E-state index is 0.465. The van der Waals surface area contributed by atoms with E-state index in [2.05, 4.69) is 12.2 Å². The second kappa shape index (κ2) is 5.26. The van der Waals surface area contributed by atoms with Gasteiger partial charge in [0.1, 0.15) is 0 Å². The maximum Gasteiger partial charge on any atom is 0.0757 e. The Kier molecular flexibility index (Phi) is 3.56. The van der Waals surface area contributed by atoms with E-state index in [0.717, 1.165) is 19.1 Å². The molecule has 1 N–H and O–H groups in total. The predicted octanol–water partition coefficient (Wildman–Crippen LogP) is 2.88. The van der Waals surface area contributed by atoms with E-state index in [9.17, 15) is 0 Å². The second-order valence-electron chi connectivity index (χ2n) is 7.41. The first-order valence-electron chi connectivity index (χ1n) is 8.83. The van der Waals surface area contributed by atoms with Gasteiger partial charge >= 0.3 is 0 Å². The molecule has 0 aromatic heterocycles. The largest absolute Gasteiger partial charge is 0.378 e. The molecular weight excluding hydrogens is 250 g/mol. The minimum atomic E-state index is 0.465. The molecule has 4 aliphatic rings. The number of hydrogen-bond donors (Lipinski definition) is 1. The molecule has 0 bridgehead atoms. The topological polar surface area (TPSA) is 30.5 Å². The SMILES string of the molecule is CCOC1CC(NC2CCOC2C2CC2)C12CCCC2. The molecule has 3 saturated carbocycles. The van der Waals surface area contributed by atoms with Gasteiger partial charge in [0, 0.05) is 30.7 Å². The first-order chi connectivity index (χ1) is 9.83. The Morgan fingerprint density at radius 1 is 1.20 bits per heavy atom. The molecule has 3 heteroatoms. The summed E-state index contributed by atoms with van der Waals surface area (Å²) in [5, 5.41) is 4.00. The van der Waals surface area contributed by atoms with Crippen LogP contribution in [0.2, 0.25) is 0 Å². The molecular formula is C17H29NO2. The lowest BCUT2D eigenvalue weighted by molar-refractivity contribution is -0.134. The van der Waals surface area contributed by atoms with Crippen LogP contribution in [0.4, 0.5) is 0 Å². The fourth-order valence-electron chi connectivity index (χ4n) is 5.06. The first kappa shape index (κ1) is 13.5. The van der Waals surface area contributed by atoms with Crippen LogP contribution in [-0.2, 0) is 9.47 Å². The average Bonchev–Trinajstić information content (AvgIpc) is 2.99. The summed E-state index contributed by atoms with van der Waals surface area (Å²) >= 11 is 0. The average molecular weight is 279 g/mol. The number of nitrogens with one attached hydrogen (secondary N) is 1. The summed E-state index contributed by atoms with van der Waals surface area (Å²) in [4.78, 5) is 0. The third-order valence-electron chi connectivity index (χ3n) is 6.32. The summed E-state index contributed by atoms with van der Waals surface area (Å²) in [5.74, 6) is 0.859. The Hall–Kier alpha value is -0.120. The molecule has 20 heavy (non-hydrogen) atoms. The van der Waals surface area contributed by atoms with Gasteiger partial charge in [-0.25, -0.2) is 0 Å². The van der Waals surface area contributed by atoms with Gasteiger partial charge in [0.05, 0.1) is 12.2 Å². The summed E-state index contributed by atoms with van der Waals surface area (Å²) in [5.41, 5.74) is 0.465. The lowest BCUT2D eigenvalue weighted by atomic mass is 9.60. The van der Waals surface area contributed by atoms with Crippen molar-refractivity contribution in [2.75, 3.05) is 13.2 Å². The highest BCUT2D eigenvalue weighted by Crippen LogP contribution is 2.55. The van der Waals surface area contributed by atoms with Gasteiger partial charge in [0.25, 0.3) is 0 Å². The van der Waals surface area contributed by atoms with Crippen molar-refractivity contribution in [3.05, 3.63) is 0 Å². The van der Waals surface area contributed by atoms with Crippen LogP contribution in [0.5, 0.6) is 0 Å². The van der Waals surface area contributed by atoms with Gasteiger partial charge in [-0.15, -0.1) is 0 Å². The Labute approximate surface area is 122 Å². The molecule has 1 spiro atoms. The molecule has 4 rings (SSSR count). The fraction of sp³-hybridized carbons (Fsp3) is 1.00. The third kappa shape index (κ3) is 2.13. The fourth-order valence-corrected chi connectivity index (χ4v) is 5.06. The van der Waals surface area contributed by atoms with Gasteiger partial charge in [-0.2, -0.15) is 0 Å². The molecule has 1 aliphatic heterocycles. The third-order valence-corrected chi connectivity index (χ3v) is 6.32. The van der Waals surface area contributed by atoms with Crippen LogP contribution in [0.3, 0.4) is 0 Å². The quantitative estimate of drug-likeness (QED) is 0.839. The van der Waals surface area contributed by atoms with E-state index in [1.165, 1.54) is 51.4 Å². The van der Waals surface area contributed by atoms with E-state index in [4.69, 9.17) is 9.47 Å². The van der Waals surface area contributed by atoms with Gasteiger partial charge in [0.15, 0.2) is 0 Å². The molecule has 1 saturated heterocycles. The lowest BCUT2D eigenvalue weighted by Crippen LogP contribution is -2.65. The van der Waals surface area contributed by atoms with Crippen molar-refractivity contribution in [2.45, 2.75) is 82.6 Å². The monoisotopic (exact) mass is 279 g/mol. The van der Waals surface area contributed by atoms with E-state index in [1.807, 2.05) is 0 Å². The predicted molar refractivity (Wildman–Crippen MR) is 78.7 cm³/mol. The summed E-state index contributed by atoms with van der Waals surface area (Å²) in [6.45, 7) is 3.97. The molecule has 0 aromatic rings. The van der Waals surface area contributed by atoms with Gasteiger partial charge in [-0.05, 0) is 51.4 Å². The Bertz CT molecular complexity index is 349. The van der Waals surface area contributed by atoms with Crippen molar-refractivity contribution >= 4 is 0 Å². The normalized spacial score (nSPS) is 43.0. The van der Waals surface area contributed by atoms with E-state index < -0.39 is 0 Å². The van der Waals surface area contributed by atoms with Gasteiger partial charge in [-0.3, -0.25) is 0 Å². The number of hydrogen-bond acceptors (Lipinski definition) is 3. The number of ether oxygens (including phenoxy) is 2. The number of rotatable bonds is 5. The van der Waals surface area contributed by atoms with E-state index in [1.54, 1.807) is 0 Å². The molecule has 0 aromatic carbocycles. The molecule has 1 heterocycles. The molecule has 4 fully saturated rings. The van der Waals surface area contributed by atoms with Crippen LogP contribution in [0.25, 0.3) is 0 Å². The van der Waals surface area contributed by atoms with Gasteiger partial charge < -0.3 is 14.8 Å². The molecule has 4 unspecified atom stereocenters. The molecule has 114 valence electrons. The van der Waals surface area contributed by atoms with Gasteiger partial charge in [0.2, 0.25) is 0 Å². The summed E-state index contributed by atoms with van der Waals surface area (Å²) in [6.07, 6.45) is 11.8. The van der Waals surface area contributed by atoms with E-state index >= 15 is 0 Å². The van der Waals surface area contributed by atoms with Crippen molar-refractivity contribution in [1.82, 2.24) is 5.32 Å². The molecule has 3 nitrogen and oxygen atoms in total. The Morgan fingerprint density at radius 2 is 2.00 bits per heavy atom. The van der Waals surface area contributed by atoms with Crippen molar-refractivity contribution in [2.24, 2.45) is 11.3 Å². The van der Waals surface area contributed by atoms with Crippen LogP contribution in [0.1, 0.15) is 58.3 Å². The van der Waals surface area contributed by atoms with Crippen LogP contribution in [0.15, 0.2) is 0 Å². The van der Waals surface area contributed by atoms with Crippen LogP contribution in [-0.4, -0.2) is 37.5 Å². The maximum absolute atomic E-state index is 6.03. The zero-order valence-corrected chi connectivity index (χ0v) is 12.8. The zero-order valence-electron chi connectivity index (χ0n) is 12.8. The first-order valence-corrected chi connectivity index (χ1v) is 8.83. The highest BCUT2D eigenvalue weighted by molar-refractivity contribution is 5.11. The van der Waals surface area contributed by atoms with Crippen molar-refractivity contribution in [3.63, 3.8) is 0 Å². The molecule has 0 amide bonds. The molecule has 3 aliphatic carbocycles. The highest BCUT2D eigenvalue weighted by atomic mass is 16.5. The lowest BCUT2D eigenvalue weighted by Gasteiger charge is -2.55. The van der Waals surface area contributed by atoms with Crippen LogP contribution >= 0.6 is 0 Å². The second-order valence-corrected chi connectivity index (χ2v) is 7.41. The van der Waals surface area contributed by atoms with Crippen molar-refractivity contribution in [3.8, 4) is 0 Å². The summed E-state index contributed by atoms with van der Waals surface area (Å²) in [7, 11) is 0. The van der Waals surface area contributed by atoms with Crippen LogP contribution < -0.4 is 5.32 Å². The zero-order chi connectivity index (χ0) is 13.6. The Balaban J connectivity index is 1.41. The molecule has 4 atom stereocenters. The standard InChI is InChI=1S/C17H29NO2/c1-2-19-15-11-14(17(15)8-3-4-9-17)18-13-7-10-20-16(13)12-5-6-12/h12-16,18H,2-11H2,1H3. The van der Waals surface area contributed by atoms with Crippen LogP contribution in [0, 0.1) is 11.3 Å². The van der Waals surface area contributed by atoms with Gasteiger partial charge in [-0.1, -0.05) is 12.8 Å². The molecule has 0 radical (unpaired) electrons. The summed E-state index contributed by atoms with van der Waals surface area (Å²) < 4.78 is 12.0. The highest BCUT2D eigenvalue weighted by Gasteiger charge is 2.57. The summed E-state index contributed by atoms with van der Waals surface area (Å²) in [6, 6.07) is 1.31. The van der Waals surface area contributed by atoms with Crippen molar-refractivity contribution < 1.29 is 9.47 Å². The van der Waals surface area contributed by atoms with E-state index in [-0.39, 0.29) is 0 Å². The minimum Gasteiger partial charge on any atom is -0.378 e. The Morgan fingerprint density at radius 3 is 2.70 bits per heavy atom. The van der Waals surface area contributed by atoms with Crippen molar-refractivity contribution in [1.29, 1.82) is 0 Å². The van der Waals surface area contributed by atoms with E-state index in [0.29, 0.717) is 29.7 Å².